The normalized spacial score (nSPS) is 16.5. The number of benzene rings is 2. The molecule has 0 amide bonds. The summed E-state index contributed by atoms with van der Waals surface area (Å²) in [6.45, 7) is 4.81. The summed E-state index contributed by atoms with van der Waals surface area (Å²) >= 11 is 0. The van der Waals surface area contributed by atoms with Crippen molar-refractivity contribution >= 4 is 30.8 Å². The standard InChI is InChI=1S/C22H28N2O4.2ClH/c1-23-11-13-24(14-12-23)15-16-28-21(25)22(26,18-7-4-3-5-8-18)19-9-6-10-20(17-19)27-2;;/h3-10,17,26H,11-16H2,1-2H3;2*1H. The molecule has 1 aliphatic rings. The Morgan fingerprint density at radius 2 is 1.63 bits per heavy atom. The number of aliphatic hydroxyl groups is 1. The molecule has 0 radical (unpaired) electrons. The van der Waals surface area contributed by atoms with Gasteiger partial charge < -0.3 is 19.5 Å². The Kier molecular flexibility index (Phi) is 10.6. The molecule has 1 unspecified atom stereocenters. The van der Waals surface area contributed by atoms with Crippen molar-refractivity contribution in [3.63, 3.8) is 0 Å². The summed E-state index contributed by atoms with van der Waals surface area (Å²) in [6.07, 6.45) is 0. The summed E-state index contributed by atoms with van der Waals surface area (Å²) < 4.78 is 10.8. The number of halogens is 2. The van der Waals surface area contributed by atoms with Gasteiger partial charge in [-0.25, -0.2) is 4.79 Å². The van der Waals surface area contributed by atoms with E-state index in [1.807, 2.05) is 6.07 Å². The number of hydrogen-bond donors (Lipinski definition) is 1. The molecule has 6 nitrogen and oxygen atoms in total. The predicted octanol–water partition coefficient (Wildman–Crippen LogP) is 2.57. The number of likely N-dealkylation sites (N-methyl/N-ethyl adjacent to an activating group) is 1. The van der Waals surface area contributed by atoms with Crippen molar-refractivity contribution < 1.29 is 19.4 Å². The Hall–Kier alpha value is -1.83. The number of carbonyl (C=O) groups excluding carboxylic acids is 1. The maximum absolute atomic E-state index is 13.0. The zero-order chi connectivity index (χ0) is 20.0. The van der Waals surface area contributed by atoms with Crippen LogP contribution in [0.4, 0.5) is 0 Å². The maximum Gasteiger partial charge on any atom is 0.347 e. The van der Waals surface area contributed by atoms with Crippen molar-refractivity contribution in [1.29, 1.82) is 0 Å². The Morgan fingerprint density at radius 1 is 1.00 bits per heavy atom. The van der Waals surface area contributed by atoms with Gasteiger partial charge in [0.25, 0.3) is 0 Å². The number of nitrogens with zero attached hydrogens (tertiary/aromatic N) is 2. The Balaban J connectivity index is 0.00000225. The van der Waals surface area contributed by atoms with Crippen molar-refractivity contribution in [1.82, 2.24) is 9.80 Å². The second-order valence-corrected chi connectivity index (χ2v) is 7.09. The number of carbonyl (C=O) groups is 1. The zero-order valence-corrected chi connectivity index (χ0v) is 19.0. The molecule has 0 saturated carbocycles. The van der Waals surface area contributed by atoms with Crippen LogP contribution in [0.5, 0.6) is 5.75 Å². The largest absolute Gasteiger partial charge is 0.497 e. The lowest BCUT2D eigenvalue weighted by Crippen LogP contribution is -2.46. The predicted molar refractivity (Wildman–Crippen MR) is 122 cm³/mol. The van der Waals surface area contributed by atoms with Gasteiger partial charge in [0.1, 0.15) is 12.4 Å². The molecule has 8 heteroatoms. The van der Waals surface area contributed by atoms with Crippen LogP contribution in [-0.4, -0.2) is 74.4 Å². The molecular formula is C22H30Cl2N2O4. The quantitative estimate of drug-likeness (QED) is 0.645. The topological polar surface area (TPSA) is 62.2 Å². The molecule has 0 spiro atoms. The third-order valence-electron chi connectivity index (χ3n) is 5.21. The van der Waals surface area contributed by atoms with Crippen LogP contribution in [0.2, 0.25) is 0 Å². The number of methoxy groups -OCH3 is 1. The van der Waals surface area contributed by atoms with E-state index in [-0.39, 0.29) is 31.4 Å². The van der Waals surface area contributed by atoms with E-state index < -0.39 is 11.6 Å². The van der Waals surface area contributed by atoms with Gasteiger partial charge in [0, 0.05) is 38.3 Å². The number of rotatable bonds is 7. The summed E-state index contributed by atoms with van der Waals surface area (Å²) in [5, 5.41) is 11.5. The summed E-state index contributed by atoms with van der Waals surface area (Å²) in [5.41, 5.74) is -1.01. The molecule has 0 aliphatic carbocycles. The molecule has 1 N–H and O–H groups in total. The number of hydrogen-bond acceptors (Lipinski definition) is 6. The van der Waals surface area contributed by atoms with Gasteiger partial charge in [-0.1, -0.05) is 42.5 Å². The number of esters is 1. The Morgan fingerprint density at radius 3 is 2.27 bits per heavy atom. The van der Waals surface area contributed by atoms with Gasteiger partial charge in [-0.15, -0.1) is 24.8 Å². The minimum Gasteiger partial charge on any atom is -0.497 e. The van der Waals surface area contributed by atoms with E-state index in [1.165, 1.54) is 0 Å². The molecule has 1 aliphatic heterocycles. The van der Waals surface area contributed by atoms with Crippen molar-refractivity contribution in [3.8, 4) is 5.75 Å². The summed E-state index contributed by atoms with van der Waals surface area (Å²) in [6, 6.07) is 15.8. The van der Waals surface area contributed by atoms with E-state index in [4.69, 9.17) is 9.47 Å². The van der Waals surface area contributed by atoms with Gasteiger partial charge >= 0.3 is 5.97 Å². The van der Waals surface area contributed by atoms with Crippen molar-refractivity contribution in [2.24, 2.45) is 0 Å². The third-order valence-corrected chi connectivity index (χ3v) is 5.21. The fourth-order valence-electron chi connectivity index (χ4n) is 3.37. The lowest BCUT2D eigenvalue weighted by molar-refractivity contribution is -0.162. The van der Waals surface area contributed by atoms with E-state index in [9.17, 15) is 9.90 Å². The van der Waals surface area contributed by atoms with Crippen LogP contribution >= 0.6 is 24.8 Å². The molecule has 0 aromatic heterocycles. The zero-order valence-electron chi connectivity index (χ0n) is 17.3. The van der Waals surface area contributed by atoms with Crippen LogP contribution < -0.4 is 4.74 Å². The van der Waals surface area contributed by atoms with Gasteiger partial charge in [0.05, 0.1) is 7.11 Å². The van der Waals surface area contributed by atoms with Crippen molar-refractivity contribution in [3.05, 3.63) is 65.7 Å². The van der Waals surface area contributed by atoms with Gasteiger partial charge in [-0.2, -0.15) is 0 Å². The first-order valence-corrected chi connectivity index (χ1v) is 9.54. The van der Waals surface area contributed by atoms with E-state index in [0.717, 1.165) is 26.2 Å². The molecular weight excluding hydrogens is 427 g/mol. The van der Waals surface area contributed by atoms with E-state index in [0.29, 0.717) is 23.4 Å². The van der Waals surface area contributed by atoms with Gasteiger partial charge in [-0.3, -0.25) is 4.90 Å². The SMILES string of the molecule is COc1cccc(C(O)(C(=O)OCCN2CCN(C)CC2)c2ccccc2)c1.Cl.Cl. The first-order valence-electron chi connectivity index (χ1n) is 9.54. The average Bonchev–Trinajstić information content (AvgIpc) is 2.75. The van der Waals surface area contributed by atoms with Crippen LogP contribution in [0.15, 0.2) is 54.6 Å². The highest BCUT2D eigenvalue weighted by molar-refractivity contribution is 5.86. The van der Waals surface area contributed by atoms with Crippen LogP contribution in [0.1, 0.15) is 11.1 Å². The van der Waals surface area contributed by atoms with Gasteiger partial charge in [-0.05, 0) is 24.7 Å². The lowest BCUT2D eigenvalue weighted by Gasteiger charge is -2.32. The van der Waals surface area contributed by atoms with E-state index >= 15 is 0 Å². The summed E-state index contributed by atoms with van der Waals surface area (Å²) in [7, 11) is 3.65. The molecule has 2 aromatic carbocycles. The molecule has 1 atom stereocenters. The Bertz CT molecular complexity index is 786. The Labute approximate surface area is 190 Å². The summed E-state index contributed by atoms with van der Waals surface area (Å²) in [4.78, 5) is 17.6. The second-order valence-electron chi connectivity index (χ2n) is 7.09. The first kappa shape index (κ1) is 26.2. The molecule has 1 heterocycles. The summed E-state index contributed by atoms with van der Waals surface area (Å²) in [5.74, 6) is -0.113. The minimum absolute atomic E-state index is 0. The molecule has 0 bridgehead atoms. The highest BCUT2D eigenvalue weighted by atomic mass is 35.5. The highest BCUT2D eigenvalue weighted by Crippen LogP contribution is 2.33. The second kappa shape index (κ2) is 12.1. The van der Waals surface area contributed by atoms with Gasteiger partial charge in [0.15, 0.2) is 0 Å². The smallest absolute Gasteiger partial charge is 0.347 e. The van der Waals surface area contributed by atoms with Crippen molar-refractivity contribution in [2.45, 2.75) is 5.60 Å². The molecule has 2 aromatic rings. The fraction of sp³-hybridized carbons (Fsp3) is 0.409. The molecule has 1 fully saturated rings. The maximum atomic E-state index is 13.0. The highest BCUT2D eigenvalue weighted by Gasteiger charge is 2.42. The molecule has 30 heavy (non-hydrogen) atoms. The number of piperazine rings is 1. The lowest BCUT2D eigenvalue weighted by atomic mass is 9.86. The van der Waals surface area contributed by atoms with Crippen LogP contribution in [0, 0.1) is 0 Å². The third kappa shape index (κ3) is 6.09. The van der Waals surface area contributed by atoms with Crippen LogP contribution in [-0.2, 0) is 15.1 Å². The molecule has 3 rings (SSSR count). The molecule has 166 valence electrons. The molecule has 1 saturated heterocycles. The van der Waals surface area contributed by atoms with E-state index in [1.54, 1.807) is 55.6 Å². The fourth-order valence-corrected chi connectivity index (χ4v) is 3.37. The average molecular weight is 457 g/mol. The minimum atomic E-state index is -1.89. The first-order chi connectivity index (χ1) is 13.5. The number of ether oxygens (including phenoxy) is 2. The van der Waals surface area contributed by atoms with E-state index in [2.05, 4.69) is 16.8 Å². The van der Waals surface area contributed by atoms with Crippen molar-refractivity contribution in [2.75, 3.05) is 53.5 Å². The van der Waals surface area contributed by atoms with Gasteiger partial charge in [0.2, 0.25) is 5.60 Å². The van der Waals surface area contributed by atoms with Crippen LogP contribution in [0.25, 0.3) is 0 Å². The monoisotopic (exact) mass is 456 g/mol. The van der Waals surface area contributed by atoms with Crippen LogP contribution in [0.3, 0.4) is 0 Å².